The van der Waals surface area contributed by atoms with Crippen LogP contribution in [0.5, 0.6) is 0 Å². The summed E-state index contributed by atoms with van der Waals surface area (Å²) in [4.78, 5) is 15.3. The Bertz CT molecular complexity index is 1360. The van der Waals surface area contributed by atoms with E-state index in [2.05, 4.69) is 25.9 Å². The van der Waals surface area contributed by atoms with Gasteiger partial charge in [0.05, 0.1) is 0 Å². The van der Waals surface area contributed by atoms with Gasteiger partial charge in [0, 0.05) is 25.2 Å². The lowest BCUT2D eigenvalue weighted by Crippen LogP contribution is -2.45. The third-order valence-corrected chi connectivity index (χ3v) is 7.81. The maximum absolute atomic E-state index is 13.6. The summed E-state index contributed by atoms with van der Waals surface area (Å²) in [5.74, 6) is 1.06. The first kappa shape index (κ1) is 20.9. The van der Waals surface area contributed by atoms with E-state index in [1.807, 2.05) is 35.2 Å². The molecule has 1 N–H and O–H groups in total. The van der Waals surface area contributed by atoms with Crippen LogP contribution in [0.3, 0.4) is 0 Å². The van der Waals surface area contributed by atoms with E-state index in [1.165, 1.54) is 36.0 Å². The fourth-order valence-electron chi connectivity index (χ4n) is 5.93. The average molecular weight is 460 g/mol. The fraction of sp³-hybridized carbons (Fsp3) is 0.400. The minimum Gasteiger partial charge on any atom is -0.368 e. The average Bonchev–Trinajstić information content (AvgIpc) is 3.48. The Balaban J connectivity index is 1.13. The van der Waals surface area contributed by atoms with Crippen molar-refractivity contribution in [2.75, 3.05) is 25.0 Å². The highest BCUT2D eigenvalue weighted by Gasteiger charge is 2.45. The van der Waals surface area contributed by atoms with Crippen LogP contribution in [0, 0.1) is 17.2 Å². The Labute approximate surface area is 196 Å². The number of piperidine rings is 1. The third kappa shape index (κ3) is 3.65. The van der Waals surface area contributed by atoms with Crippen LogP contribution >= 0.6 is 0 Å². The Morgan fingerprint density at radius 3 is 2.88 bits per heavy atom. The maximum Gasteiger partial charge on any atom is 0.254 e. The predicted octanol–water partition coefficient (Wildman–Crippen LogP) is 3.95. The van der Waals surface area contributed by atoms with Gasteiger partial charge in [0.1, 0.15) is 11.6 Å². The van der Waals surface area contributed by atoms with Crippen LogP contribution in [0.2, 0.25) is 0 Å². The topological polar surface area (TPSA) is 88.3 Å². The van der Waals surface area contributed by atoms with Crippen LogP contribution in [0.4, 0.5) is 10.2 Å². The van der Waals surface area contributed by atoms with Gasteiger partial charge in [-0.15, -0.1) is 14.8 Å². The molecule has 0 radical (unpaired) electrons. The molecule has 1 spiro atoms. The number of nitrogens with zero attached hydrogens (tertiary/aromatic N) is 6. The van der Waals surface area contributed by atoms with Crippen LogP contribution in [0.25, 0.3) is 16.4 Å². The van der Waals surface area contributed by atoms with Gasteiger partial charge in [-0.1, -0.05) is 24.6 Å². The number of carbonyl (C=O) groups excluding carboxylic acids is 1. The summed E-state index contributed by atoms with van der Waals surface area (Å²) in [5, 5.41) is 20.9. The SMILES string of the molecule is O=C(c1cccc2cc(F)ccc12)N1CCC2(CCCC2CNc2ccc3nnnn3n2)CC1. The number of rotatable bonds is 4. The van der Waals surface area contributed by atoms with Crippen molar-refractivity contribution in [3.63, 3.8) is 0 Å². The largest absolute Gasteiger partial charge is 0.368 e. The quantitative estimate of drug-likeness (QED) is 0.497. The Morgan fingerprint density at radius 1 is 1.12 bits per heavy atom. The van der Waals surface area contributed by atoms with Crippen LogP contribution in [0.1, 0.15) is 42.5 Å². The second-order valence-electron chi connectivity index (χ2n) is 9.54. The zero-order valence-electron chi connectivity index (χ0n) is 18.8. The molecule has 4 aromatic rings. The fourth-order valence-corrected chi connectivity index (χ4v) is 5.93. The molecule has 2 fully saturated rings. The second-order valence-corrected chi connectivity index (χ2v) is 9.54. The van der Waals surface area contributed by atoms with Crippen LogP contribution < -0.4 is 5.32 Å². The molecule has 1 saturated carbocycles. The Hall–Kier alpha value is -3.62. The highest BCUT2D eigenvalue weighted by atomic mass is 19.1. The number of hydrogen-bond acceptors (Lipinski definition) is 6. The monoisotopic (exact) mass is 459 g/mol. The summed E-state index contributed by atoms with van der Waals surface area (Å²) in [6.07, 6.45) is 5.61. The Morgan fingerprint density at radius 2 is 2.00 bits per heavy atom. The van der Waals surface area contributed by atoms with Gasteiger partial charge in [-0.05, 0) is 88.5 Å². The molecule has 8 nitrogen and oxygen atoms in total. The number of hydrogen-bond donors (Lipinski definition) is 1. The molecule has 34 heavy (non-hydrogen) atoms. The van der Waals surface area contributed by atoms with Gasteiger partial charge in [-0.25, -0.2) is 4.39 Å². The number of carbonyl (C=O) groups is 1. The van der Waals surface area contributed by atoms with Gasteiger partial charge in [0.2, 0.25) is 0 Å². The molecule has 1 amide bonds. The van der Waals surface area contributed by atoms with E-state index in [-0.39, 0.29) is 17.1 Å². The number of amides is 1. The van der Waals surface area contributed by atoms with E-state index in [4.69, 9.17) is 0 Å². The lowest BCUT2D eigenvalue weighted by atomic mass is 9.70. The van der Waals surface area contributed by atoms with Crippen molar-refractivity contribution in [1.29, 1.82) is 0 Å². The predicted molar refractivity (Wildman–Crippen MR) is 126 cm³/mol. The third-order valence-electron chi connectivity index (χ3n) is 7.81. The standard InChI is InChI=1S/C25H26FN7O/c26-19-6-7-20-17(15-19)3-1-5-21(20)24(34)32-13-11-25(12-14-32)10-2-4-18(25)16-27-22-8-9-23-28-30-31-33(23)29-22/h1,3,5-9,15,18H,2,4,10-14,16H2,(H,27,29). The number of likely N-dealkylation sites (tertiary alicyclic amines) is 1. The van der Waals surface area contributed by atoms with E-state index in [0.29, 0.717) is 17.1 Å². The number of fused-ring (bicyclic) bond motifs is 2. The van der Waals surface area contributed by atoms with E-state index in [0.717, 1.165) is 49.1 Å². The molecule has 2 aliphatic rings. The summed E-state index contributed by atoms with van der Waals surface area (Å²) in [6, 6.07) is 13.9. The number of halogens is 1. The van der Waals surface area contributed by atoms with Crippen LogP contribution in [-0.2, 0) is 0 Å². The van der Waals surface area contributed by atoms with Gasteiger partial charge in [0.15, 0.2) is 5.65 Å². The molecule has 2 aromatic heterocycles. The number of aromatic nitrogens is 5. The van der Waals surface area contributed by atoms with Crippen molar-refractivity contribution in [3.8, 4) is 0 Å². The molecule has 1 aliphatic heterocycles. The summed E-state index contributed by atoms with van der Waals surface area (Å²) in [6.45, 7) is 2.35. The molecule has 1 atom stereocenters. The van der Waals surface area contributed by atoms with Crippen molar-refractivity contribution < 1.29 is 9.18 Å². The maximum atomic E-state index is 13.6. The molecule has 174 valence electrons. The molecule has 1 aliphatic carbocycles. The molecular formula is C25H26FN7O. The lowest BCUT2D eigenvalue weighted by molar-refractivity contribution is 0.0489. The highest BCUT2D eigenvalue weighted by Crippen LogP contribution is 2.50. The molecule has 0 bridgehead atoms. The number of anilines is 1. The van der Waals surface area contributed by atoms with Crippen LogP contribution in [-0.4, -0.2) is 55.7 Å². The van der Waals surface area contributed by atoms with Gasteiger partial charge >= 0.3 is 0 Å². The molecule has 9 heteroatoms. The molecule has 2 aromatic carbocycles. The first-order chi connectivity index (χ1) is 16.6. The van der Waals surface area contributed by atoms with Crippen molar-refractivity contribution >= 4 is 28.1 Å². The van der Waals surface area contributed by atoms with Crippen LogP contribution in [0.15, 0.2) is 48.5 Å². The zero-order chi connectivity index (χ0) is 23.1. The number of nitrogens with one attached hydrogen (secondary N) is 1. The summed E-state index contributed by atoms with van der Waals surface area (Å²) >= 11 is 0. The highest BCUT2D eigenvalue weighted by molar-refractivity contribution is 6.07. The van der Waals surface area contributed by atoms with Crippen molar-refractivity contribution in [1.82, 2.24) is 30.2 Å². The molecule has 6 rings (SSSR count). The van der Waals surface area contributed by atoms with E-state index >= 15 is 0 Å². The van der Waals surface area contributed by atoms with Crippen molar-refractivity contribution in [2.45, 2.75) is 32.1 Å². The number of tetrazole rings is 1. The van der Waals surface area contributed by atoms with Gasteiger partial charge in [-0.2, -0.15) is 0 Å². The summed E-state index contributed by atoms with van der Waals surface area (Å²) in [7, 11) is 0. The van der Waals surface area contributed by atoms with E-state index in [9.17, 15) is 9.18 Å². The molecule has 3 heterocycles. The minimum atomic E-state index is -0.286. The minimum absolute atomic E-state index is 0.0404. The lowest BCUT2D eigenvalue weighted by Gasteiger charge is -2.43. The molecule has 1 saturated heterocycles. The van der Waals surface area contributed by atoms with E-state index in [1.54, 1.807) is 6.07 Å². The Kier molecular flexibility index (Phi) is 5.12. The summed E-state index contributed by atoms with van der Waals surface area (Å²) < 4.78 is 15.1. The van der Waals surface area contributed by atoms with Crippen molar-refractivity contribution in [2.24, 2.45) is 11.3 Å². The molecule has 1 unspecified atom stereocenters. The van der Waals surface area contributed by atoms with Crippen molar-refractivity contribution in [3.05, 3.63) is 59.9 Å². The van der Waals surface area contributed by atoms with Gasteiger partial charge in [0.25, 0.3) is 5.91 Å². The van der Waals surface area contributed by atoms with Gasteiger partial charge < -0.3 is 10.2 Å². The second kappa shape index (κ2) is 8.30. The first-order valence-corrected chi connectivity index (χ1v) is 11.9. The van der Waals surface area contributed by atoms with E-state index < -0.39 is 0 Å². The first-order valence-electron chi connectivity index (χ1n) is 11.9. The summed E-state index contributed by atoms with van der Waals surface area (Å²) in [5.41, 5.74) is 1.53. The number of benzene rings is 2. The van der Waals surface area contributed by atoms with Gasteiger partial charge in [-0.3, -0.25) is 4.79 Å². The smallest absolute Gasteiger partial charge is 0.254 e. The zero-order valence-corrected chi connectivity index (χ0v) is 18.8. The molecular weight excluding hydrogens is 433 g/mol. The normalized spacial score (nSPS) is 19.8.